The highest BCUT2D eigenvalue weighted by molar-refractivity contribution is 7.99. The van der Waals surface area contributed by atoms with Crippen molar-refractivity contribution in [1.29, 1.82) is 0 Å². The molecule has 0 aliphatic carbocycles. The number of rotatable bonds is 8. The van der Waals surface area contributed by atoms with Crippen molar-refractivity contribution >= 4 is 34.4 Å². The second-order valence-corrected chi connectivity index (χ2v) is 8.24. The lowest BCUT2D eigenvalue weighted by molar-refractivity contribution is -0.113. The summed E-state index contributed by atoms with van der Waals surface area (Å²) in [5.74, 6) is -0.124. The number of aromatic nitrogens is 4. The zero-order valence-electron chi connectivity index (χ0n) is 18.2. The van der Waals surface area contributed by atoms with E-state index in [1.807, 2.05) is 66.1 Å². The summed E-state index contributed by atoms with van der Waals surface area (Å²) in [5, 5.41) is 3.54. The summed E-state index contributed by atoms with van der Waals surface area (Å²) in [6, 6.07) is 17.2. The van der Waals surface area contributed by atoms with Crippen LogP contribution in [0, 0.1) is 6.92 Å². The molecule has 0 saturated heterocycles. The minimum absolute atomic E-state index is 0.134. The van der Waals surface area contributed by atoms with Crippen LogP contribution in [0.25, 0.3) is 16.7 Å². The predicted octanol–water partition coefficient (Wildman–Crippen LogP) is 3.21. The molecule has 0 saturated carbocycles. The molecule has 0 radical (unpaired) electrons. The van der Waals surface area contributed by atoms with Crippen molar-refractivity contribution in [2.75, 3.05) is 24.8 Å². The number of carbonyl (C=O) groups excluding carboxylic acids is 1. The van der Waals surface area contributed by atoms with E-state index in [2.05, 4.69) is 10.3 Å². The summed E-state index contributed by atoms with van der Waals surface area (Å²) in [5.41, 5.74) is 3.32. The van der Waals surface area contributed by atoms with E-state index in [4.69, 9.17) is 4.74 Å². The summed E-state index contributed by atoms with van der Waals surface area (Å²) in [6.45, 7) is 3.00. The first-order chi connectivity index (χ1) is 15.5. The van der Waals surface area contributed by atoms with Crippen molar-refractivity contribution < 1.29 is 9.53 Å². The molecule has 2 heterocycles. The zero-order chi connectivity index (χ0) is 22.7. The van der Waals surface area contributed by atoms with Crippen molar-refractivity contribution in [2.24, 2.45) is 7.05 Å². The van der Waals surface area contributed by atoms with Gasteiger partial charge in [-0.05, 0) is 31.2 Å². The minimum atomic E-state index is -0.262. The molecular weight excluding hydrogens is 426 g/mol. The van der Waals surface area contributed by atoms with Gasteiger partial charge in [0.05, 0.1) is 34.8 Å². The molecule has 2 aromatic heterocycles. The van der Waals surface area contributed by atoms with Crippen LogP contribution in [0.5, 0.6) is 0 Å². The van der Waals surface area contributed by atoms with Gasteiger partial charge in [0.15, 0.2) is 5.16 Å². The molecule has 4 rings (SSSR count). The number of methoxy groups -OCH3 is 1. The minimum Gasteiger partial charge on any atom is -0.383 e. The van der Waals surface area contributed by atoms with Crippen molar-refractivity contribution in [3.05, 3.63) is 70.6 Å². The van der Waals surface area contributed by atoms with Gasteiger partial charge in [-0.3, -0.25) is 14.3 Å². The molecule has 8 nitrogen and oxygen atoms in total. The number of amides is 1. The fourth-order valence-corrected chi connectivity index (χ4v) is 4.42. The average Bonchev–Trinajstić information content (AvgIpc) is 3.26. The number of benzene rings is 2. The lowest BCUT2D eigenvalue weighted by Crippen LogP contribution is -2.23. The Labute approximate surface area is 189 Å². The number of imidazole rings is 1. The molecule has 0 unspecified atom stereocenters. The summed E-state index contributed by atoms with van der Waals surface area (Å²) in [7, 11) is 3.45. The molecule has 1 amide bonds. The van der Waals surface area contributed by atoms with E-state index in [1.54, 1.807) is 23.5 Å². The normalized spacial score (nSPS) is 11.2. The standard InChI is InChI=1S/C23H25N5O3S/c1-16-21(22(30)28(26(16)2)17-9-5-4-6-10-17)25-20(29)15-32-23-24-18-11-7-8-12-19(18)27(23)13-14-31-3/h4-12H,13-15H2,1-3H3,(H,25,29). The number of ether oxygens (including phenoxy) is 1. The number of para-hydroxylation sites is 3. The summed E-state index contributed by atoms with van der Waals surface area (Å²) < 4.78 is 10.6. The Morgan fingerprint density at radius 3 is 2.59 bits per heavy atom. The molecule has 0 aliphatic rings. The fraction of sp³-hybridized carbons (Fsp3) is 0.261. The van der Waals surface area contributed by atoms with E-state index in [0.29, 0.717) is 18.8 Å². The molecular formula is C23H25N5O3S. The lowest BCUT2D eigenvalue weighted by atomic mass is 10.3. The Morgan fingerprint density at radius 1 is 1.12 bits per heavy atom. The van der Waals surface area contributed by atoms with Gasteiger partial charge in [-0.15, -0.1) is 0 Å². The van der Waals surface area contributed by atoms with Gasteiger partial charge < -0.3 is 14.6 Å². The number of carbonyl (C=O) groups is 1. The van der Waals surface area contributed by atoms with Gasteiger partial charge in [0, 0.05) is 20.7 Å². The van der Waals surface area contributed by atoms with E-state index in [0.717, 1.165) is 21.9 Å². The number of hydrogen-bond acceptors (Lipinski definition) is 5. The molecule has 0 aliphatic heterocycles. The van der Waals surface area contributed by atoms with Crippen LogP contribution in [0.3, 0.4) is 0 Å². The highest BCUT2D eigenvalue weighted by Crippen LogP contribution is 2.24. The predicted molar refractivity (Wildman–Crippen MR) is 127 cm³/mol. The van der Waals surface area contributed by atoms with Gasteiger partial charge in [-0.25, -0.2) is 9.67 Å². The summed E-state index contributed by atoms with van der Waals surface area (Å²) in [6.07, 6.45) is 0. The molecule has 2 aromatic carbocycles. The van der Waals surface area contributed by atoms with Gasteiger partial charge in [-0.1, -0.05) is 42.1 Å². The van der Waals surface area contributed by atoms with Crippen LogP contribution in [0.4, 0.5) is 5.69 Å². The van der Waals surface area contributed by atoms with Crippen LogP contribution in [0.15, 0.2) is 64.5 Å². The average molecular weight is 452 g/mol. The molecule has 0 fully saturated rings. The van der Waals surface area contributed by atoms with Crippen LogP contribution in [-0.4, -0.2) is 44.3 Å². The Balaban J connectivity index is 1.53. The third-order valence-electron chi connectivity index (χ3n) is 5.29. The summed E-state index contributed by atoms with van der Waals surface area (Å²) >= 11 is 1.34. The maximum Gasteiger partial charge on any atom is 0.295 e. The maximum absolute atomic E-state index is 13.0. The van der Waals surface area contributed by atoms with E-state index >= 15 is 0 Å². The number of fused-ring (bicyclic) bond motifs is 1. The Morgan fingerprint density at radius 2 is 1.84 bits per heavy atom. The molecule has 0 bridgehead atoms. The van der Waals surface area contributed by atoms with Gasteiger partial charge in [0.1, 0.15) is 5.69 Å². The van der Waals surface area contributed by atoms with E-state index in [-0.39, 0.29) is 22.9 Å². The van der Waals surface area contributed by atoms with E-state index in [1.165, 1.54) is 11.8 Å². The maximum atomic E-state index is 13.0. The van der Waals surface area contributed by atoms with E-state index in [9.17, 15) is 9.59 Å². The molecule has 4 aromatic rings. The molecule has 0 spiro atoms. The van der Waals surface area contributed by atoms with Crippen LogP contribution in [0.2, 0.25) is 0 Å². The van der Waals surface area contributed by atoms with Crippen molar-refractivity contribution in [2.45, 2.75) is 18.6 Å². The topological polar surface area (TPSA) is 83.1 Å². The van der Waals surface area contributed by atoms with E-state index < -0.39 is 0 Å². The fourth-order valence-electron chi connectivity index (χ4n) is 3.58. The SMILES string of the molecule is COCCn1c(SCC(=O)Nc2c(C)n(C)n(-c3ccccc3)c2=O)nc2ccccc21. The van der Waals surface area contributed by atoms with Crippen LogP contribution >= 0.6 is 11.8 Å². The molecule has 1 N–H and O–H groups in total. The Bertz CT molecular complexity index is 1310. The second-order valence-electron chi connectivity index (χ2n) is 7.30. The van der Waals surface area contributed by atoms with Crippen LogP contribution < -0.4 is 10.9 Å². The van der Waals surface area contributed by atoms with Crippen molar-refractivity contribution in [1.82, 2.24) is 18.9 Å². The highest BCUT2D eigenvalue weighted by atomic mass is 32.2. The van der Waals surface area contributed by atoms with Crippen LogP contribution in [0.1, 0.15) is 5.69 Å². The highest BCUT2D eigenvalue weighted by Gasteiger charge is 2.19. The first-order valence-electron chi connectivity index (χ1n) is 10.2. The molecule has 9 heteroatoms. The first kappa shape index (κ1) is 21.9. The quantitative estimate of drug-likeness (QED) is 0.416. The van der Waals surface area contributed by atoms with Crippen LogP contribution in [-0.2, 0) is 23.1 Å². The summed E-state index contributed by atoms with van der Waals surface area (Å²) in [4.78, 5) is 30.4. The lowest BCUT2D eigenvalue weighted by Gasteiger charge is -2.08. The third-order valence-corrected chi connectivity index (χ3v) is 6.27. The molecule has 0 atom stereocenters. The van der Waals surface area contributed by atoms with Gasteiger partial charge in [0.2, 0.25) is 5.91 Å². The second kappa shape index (κ2) is 9.46. The van der Waals surface area contributed by atoms with Gasteiger partial charge in [0.25, 0.3) is 5.56 Å². The number of nitrogens with one attached hydrogen (secondary N) is 1. The smallest absolute Gasteiger partial charge is 0.295 e. The largest absolute Gasteiger partial charge is 0.383 e. The Hall–Kier alpha value is -3.30. The number of nitrogens with zero attached hydrogens (tertiary/aromatic N) is 4. The van der Waals surface area contributed by atoms with Crippen molar-refractivity contribution in [3.63, 3.8) is 0 Å². The first-order valence-corrected chi connectivity index (χ1v) is 11.2. The number of hydrogen-bond donors (Lipinski definition) is 1. The number of anilines is 1. The molecule has 32 heavy (non-hydrogen) atoms. The number of thioether (sulfide) groups is 1. The van der Waals surface area contributed by atoms with Gasteiger partial charge >= 0.3 is 0 Å². The van der Waals surface area contributed by atoms with Gasteiger partial charge in [-0.2, -0.15) is 0 Å². The molecule has 166 valence electrons. The monoisotopic (exact) mass is 451 g/mol. The Kier molecular flexibility index (Phi) is 6.48. The van der Waals surface area contributed by atoms with Crippen molar-refractivity contribution in [3.8, 4) is 5.69 Å². The zero-order valence-corrected chi connectivity index (χ0v) is 19.1. The third kappa shape index (κ3) is 4.21.